The third-order valence-corrected chi connectivity index (χ3v) is 4.51. The third kappa shape index (κ3) is 6.33. The average Bonchev–Trinajstić information content (AvgIpc) is 2.68. The summed E-state index contributed by atoms with van der Waals surface area (Å²) in [4.78, 5) is 46.5. The molecule has 1 fully saturated rings. The van der Waals surface area contributed by atoms with Crippen molar-refractivity contribution in [3.05, 3.63) is 39.4 Å². The molecule has 152 valence electrons. The Morgan fingerprint density at radius 2 is 1.82 bits per heavy atom. The number of nitrogens with zero attached hydrogens (tertiary/aromatic N) is 1. The van der Waals surface area contributed by atoms with Crippen molar-refractivity contribution < 1.29 is 24.0 Å². The van der Waals surface area contributed by atoms with Crippen molar-refractivity contribution in [2.24, 2.45) is 0 Å². The minimum atomic E-state index is -0.743. The van der Waals surface area contributed by atoms with Gasteiger partial charge in [0.1, 0.15) is 0 Å². The Labute approximate surface area is 163 Å². The van der Waals surface area contributed by atoms with Crippen LogP contribution in [0, 0.1) is 10.1 Å². The number of rotatable bonds is 8. The van der Waals surface area contributed by atoms with Gasteiger partial charge in [-0.15, -0.1) is 0 Å². The molecule has 0 unspecified atom stereocenters. The fourth-order valence-corrected chi connectivity index (χ4v) is 3.12. The van der Waals surface area contributed by atoms with Crippen LogP contribution in [0.4, 0.5) is 5.69 Å². The first-order valence-electron chi connectivity index (χ1n) is 9.45. The zero-order valence-corrected chi connectivity index (χ0v) is 15.9. The van der Waals surface area contributed by atoms with Crippen LogP contribution in [0.5, 0.6) is 0 Å². The number of hydrogen-bond acceptors (Lipinski definition) is 6. The Morgan fingerprint density at radius 3 is 2.46 bits per heavy atom. The topological polar surface area (TPSA) is 128 Å². The van der Waals surface area contributed by atoms with Gasteiger partial charge >= 0.3 is 5.97 Å². The van der Waals surface area contributed by atoms with Crippen LogP contribution in [0.15, 0.2) is 18.2 Å². The molecule has 2 amide bonds. The van der Waals surface area contributed by atoms with Crippen molar-refractivity contribution in [1.82, 2.24) is 10.6 Å². The van der Waals surface area contributed by atoms with Gasteiger partial charge in [0.05, 0.1) is 17.1 Å². The van der Waals surface area contributed by atoms with E-state index in [0.29, 0.717) is 0 Å². The highest BCUT2D eigenvalue weighted by molar-refractivity contribution is 5.99. The molecule has 0 atom stereocenters. The summed E-state index contributed by atoms with van der Waals surface area (Å²) in [5.41, 5.74) is -0.494. The Hall–Kier alpha value is -2.97. The molecule has 0 aromatic heterocycles. The SMILES string of the molecule is CCOC(=O)c1cc(C(=O)NCCC(=O)NC2CCCCC2)cc([N+](=O)[O-])c1. The number of nitro groups is 1. The summed E-state index contributed by atoms with van der Waals surface area (Å²) in [5.74, 6) is -1.48. The van der Waals surface area contributed by atoms with E-state index in [1.807, 2.05) is 0 Å². The fourth-order valence-electron chi connectivity index (χ4n) is 3.12. The Bertz CT molecular complexity index is 743. The first-order chi connectivity index (χ1) is 13.4. The molecule has 0 saturated heterocycles. The van der Waals surface area contributed by atoms with Crippen LogP contribution in [0.1, 0.15) is 66.2 Å². The highest BCUT2D eigenvalue weighted by Gasteiger charge is 2.19. The molecule has 9 heteroatoms. The standard InChI is InChI=1S/C19H25N3O6/c1-2-28-19(25)14-10-13(11-16(12-14)22(26)27)18(24)20-9-8-17(23)21-15-6-4-3-5-7-15/h10-12,15H,2-9H2,1H3,(H,20,24)(H,21,23). The second-order valence-electron chi connectivity index (χ2n) is 6.65. The van der Waals surface area contributed by atoms with Crippen LogP contribution in [-0.2, 0) is 9.53 Å². The van der Waals surface area contributed by atoms with Crippen molar-refractivity contribution in [2.75, 3.05) is 13.2 Å². The van der Waals surface area contributed by atoms with Crippen molar-refractivity contribution in [3.63, 3.8) is 0 Å². The minimum absolute atomic E-state index is 0.0371. The summed E-state index contributed by atoms with van der Waals surface area (Å²) in [7, 11) is 0. The van der Waals surface area contributed by atoms with Crippen molar-refractivity contribution in [3.8, 4) is 0 Å². The van der Waals surface area contributed by atoms with Gasteiger partial charge in [0.2, 0.25) is 5.91 Å². The molecular weight excluding hydrogens is 366 g/mol. The van der Waals surface area contributed by atoms with Crippen LogP contribution < -0.4 is 10.6 Å². The molecule has 1 aromatic carbocycles. The lowest BCUT2D eigenvalue weighted by molar-refractivity contribution is -0.384. The molecule has 0 radical (unpaired) electrons. The fraction of sp³-hybridized carbons (Fsp3) is 0.526. The number of ether oxygens (including phenoxy) is 1. The summed E-state index contributed by atoms with van der Waals surface area (Å²) in [5, 5.41) is 16.6. The zero-order chi connectivity index (χ0) is 20.5. The summed E-state index contributed by atoms with van der Waals surface area (Å²) < 4.78 is 4.84. The predicted octanol–water partition coefficient (Wildman–Crippen LogP) is 2.34. The molecule has 1 aliphatic carbocycles. The molecule has 1 saturated carbocycles. The van der Waals surface area contributed by atoms with E-state index in [2.05, 4.69) is 10.6 Å². The molecule has 28 heavy (non-hydrogen) atoms. The number of carbonyl (C=O) groups excluding carboxylic acids is 3. The van der Waals surface area contributed by atoms with E-state index >= 15 is 0 Å². The number of amides is 2. The van der Waals surface area contributed by atoms with E-state index in [1.165, 1.54) is 12.5 Å². The zero-order valence-electron chi connectivity index (χ0n) is 15.9. The van der Waals surface area contributed by atoms with Gasteiger partial charge in [-0.3, -0.25) is 19.7 Å². The number of hydrogen-bond donors (Lipinski definition) is 2. The van der Waals surface area contributed by atoms with E-state index in [0.717, 1.165) is 37.8 Å². The number of nitro benzene ring substituents is 1. The Balaban J connectivity index is 1.94. The predicted molar refractivity (Wildman–Crippen MR) is 101 cm³/mol. The van der Waals surface area contributed by atoms with E-state index < -0.39 is 16.8 Å². The molecule has 0 spiro atoms. The minimum Gasteiger partial charge on any atom is -0.462 e. The summed E-state index contributed by atoms with van der Waals surface area (Å²) >= 11 is 0. The highest BCUT2D eigenvalue weighted by Crippen LogP contribution is 2.19. The number of esters is 1. The maximum atomic E-state index is 12.3. The van der Waals surface area contributed by atoms with Gasteiger partial charge in [0.15, 0.2) is 0 Å². The number of nitrogens with one attached hydrogen (secondary N) is 2. The van der Waals surface area contributed by atoms with Crippen LogP contribution in [0.25, 0.3) is 0 Å². The van der Waals surface area contributed by atoms with E-state index in [1.54, 1.807) is 6.92 Å². The molecule has 0 heterocycles. The van der Waals surface area contributed by atoms with Gasteiger partial charge in [0, 0.05) is 36.7 Å². The smallest absolute Gasteiger partial charge is 0.338 e. The third-order valence-electron chi connectivity index (χ3n) is 4.51. The number of non-ortho nitro benzene ring substituents is 1. The van der Waals surface area contributed by atoms with Crippen LogP contribution >= 0.6 is 0 Å². The lowest BCUT2D eigenvalue weighted by Gasteiger charge is -2.22. The second-order valence-corrected chi connectivity index (χ2v) is 6.65. The summed E-state index contributed by atoms with van der Waals surface area (Å²) in [6, 6.07) is 3.58. The normalized spacial score (nSPS) is 14.2. The lowest BCUT2D eigenvalue weighted by atomic mass is 9.95. The molecule has 0 aliphatic heterocycles. The van der Waals surface area contributed by atoms with Crippen molar-refractivity contribution in [2.45, 2.75) is 51.5 Å². The Morgan fingerprint density at radius 1 is 1.14 bits per heavy atom. The van der Waals surface area contributed by atoms with Crippen LogP contribution in [-0.4, -0.2) is 41.9 Å². The first kappa shape index (κ1) is 21.3. The van der Waals surface area contributed by atoms with E-state index in [-0.39, 0.29) is 48.3 Å². The lowest BCUT2D eigenvalue weighted by Crippen LogP contribution is -2.38. The monoisotopic (exact) mass is 391 g/mol. The van der Waals surface area contributed by atoms with Gasteiger partial charge in [0.25, 0.3) is 11.6 Å². The van der Waals surface area contributed by atoms with Gasteiger partial charge in [-0.2, -0.15) is 0 Å². The van der Waals surface area contributed by atoms with Gasteiger partial charge in [-0.1, -0.05) is 19.3 Å². The van der Waals surface area contributed by atoms with Crippen molar-refractivity contribution >= 4 is 23.5 Å². The number of carbonyl (C=O) groups is 3. The number of benzene rings is 1. The maximum Gasteiger partial charge on any atom is 0.338 e. The Kier molecular flexibility index (Phi) is 7.91. The summed E-state index contributed by atoms with van der Waals surface area (Å²) in [6.45, 7) is 1.81. The van der Waals surface area contributed by atoms with Gasteiger partial charge in [-0.05, 0) is 25.8 Å². The van der Waals surface area contributed by atoms with E-state index in [9.17, 15) is 24.5 Å². The molecular formula is C19H25N3O6. The quantitative estimate of drug-likeness (QED) is 0.398. The van der Waals surface area contributed by atoms with Crippen molar-refractivity contribution in [1.29, 1.82) is 0 Å². The molecule has 1 aromatic rings. The van der Waals surface area contributed by atoms with Crippen LogP contribution in [0.2, 0.25) is 0 Å². The highest BCUT2D eigenvalue weighted by atomic mass is 16.6. The van der Waals surface area contributed by atoms with E-state index in [4.69, 9.17) is 4.74 Å². The molecule has 0 bridgehead atoms. The van der Waals surface area contributed by atoms with Crippen LogP contribution in [0.3, 0.4) is 0 Å². The summed E-state index contributed by atoms with van der Waals surface area (Å²) in [6.07, 6.45) is 5.47. The van der Waals surface area contributed by atoms with Gasteiger partial charge in [-0.25, -0.2) is 4.79 Å². The molecule has 1 aliphatic rings. The average molecular weight is 391 g/mol. The molecule has 2 N–H and O–H groups in total. The molecule has 2 rings (SSSR count). The first-order valence-corrected chi connectivity index (χ1v) is 9.45. The molecule has 9 nitrogen and oxygen atoms in total. The largest absolute Gasteiger partial charge is 0.462 e. The second kappa shape index (κ2) is 10.4. The maximum absolute atomic E-state index is 12.3. The van der Waals surface area contributed by atoms with Gasteiger partial charge < -0.3 is 15.4 Å².